The van der Waals surface area contributed by atoms with Crippen LogP contribution in [0.5, 0.6) is 0 Å². The van der Waals surface area contributed by atoms with Gasteiger partial charge in [-0.1, -0.05) is 15.9 Å². The zero-order valence-corrected chi connectivity index (χ0v) is 8.64. The molecule has 0 aromatic rings. The molecule has 0 amide bonds. The van der Waals surface area contributed by atoms with E-state index in [0.29, 0.717) is 0 Å². The average molecular weight is 260 g/mol. The van der Waals surface area contributed by atoms with E-state index in [-0.39, 0.29) is 17.9 Å². The summed E-state index contributed by atoms with van der Waals surface area (Å²) in [5.74, 6) is 0. The quantitative estimate of drug-likeness (QED) is 0.639. The highest BCUT2D eigenvalue weighted by Crippen LogP contribution is 2.07. The standard InChI is InChI=1S/C5H10BrNO4S/c6-3-12(9,10)7-4-1-11-2-5(4)8/h4-5,7-8H,1-3H2/t4-,5-/m1/s1. The second-order valence-corrected chi connectivity index (χ2v) is 5.61. The number of nitrogens with one attached hydrogen (secondary N) is 1. The van der Waals surface area contributed by atoms with E-state index in [1.807, 2.05) is 0 Å². The first kappa shape index (κ1) is 10.4. The van der Waals surface area contributed by atoms with Crippen molar-refractivity contribution >= 4 is 26.0 Å². The van der Waals surface area contributed by atoms with Crippen molar-refractivity contribution in [3.8, 4) is 0 Å². The molecule has 0 aromatic heterocycles. The van der Waals surface area contributed by atoms with Gasteiger partial charge in [0.1, 0.15) is 4.66 Å². The Hall–Kier alpha value is 0.310. The fourth-order valence-electron chi connectivity index (χ4n) is 0.918. The molecule has 7 heteroatoms. The summed E-state index contributed by atoms with van der Waals surface area (Å²) in [5.41, 5.74) is 0. The molecule has 2 atom stereocenters. The van der Waals surface area contributed by atoms with Crippen molar-refractivity contribution in [3.63, 3.8) is 0 Å². The fraction of sp³-hybridized carbons (Fsp3) is 1.00. The third kappa shape index (κ3) is 2.67. The Bertz CT molecular complexity index is 242. The van der Waals surface area contributed by atoms with Crippen LogP contribution in [-0.2, 0) is 14.8 Å². The van der Waals surface area contributed by atoms with Crippen LogP contribution >= 0.6 is 15.9 Å². The lowest BCUT2D eigenvalue weighted by molar-refractivity contribution is 0.124. The van der Waals surface area contributed by atoms with E-state index >= 15 is 0 Å². The normalized spacial score (nSPS) is 30.8. The molecular weight excluding hydrogens is 250 g/mol. The van der Waals surface area contributed by atoms with E-state index in [2.05, 4.69) is 20.7 Å². The van der Waals surface area contributed by atoms with Crippen LogP contribution in [0.4, 0.5) is 0 Å². The van der Waals surface area contributed by atoms with Crippen molar-refractivity contribution < 1.29 is 18.3 Å². The first-order valence-electron chi connectivity index (χ1n) is 3.37. The van der Waals surface area contributed by atoms with Gasteiger partial charge in [-0.15, -0.1) is 0 Å². The average Bonchev–Trinajstić information content (AvgIpc) is 2.36. The van der Waals surface area contributed by atoms with Gasteiger partial charge in [0.25, 0.3) is 0 Å². The fourth-order valence-corrected chi connectivity index (χ4v) is 2.06. The van der Waals surface area contributed by atoms with Gasteiger partial charge in [-0.3, -0.25) is 0 Å². The van der Waals surface area contributed by atoms with Crippen LogP contribution in [0.3, 0.4) is 0 Å². The van der Waals surface area contributed by atoms with Gasteiger partial charge >= 0.3 is 0 Å². The number of alkyl halides is 1. The SMILES string of the molecule is O=S(=O)(CBr)N[C@@H]1COC[C@H]1O. The second-order valence-electron chi connectivity index (χ2n) is 2.55. The molecule has 1 aliphatic rings. The van der Waals surface area contributed by atoms with Crippen molar-refractivity contribution in [1.82, 2.24) is 4.72 Å². The van der Waals surface area contributed by atoms with Crippen LogP contribution in [0.2, 0.25) is 0 Å². The molecule has 0 aliphatic carbocycles. The van der Waals surface area contributed by atoms with Crippen molar-refractivity contribution in [2.45, 2.75) is 12.1 Å². The van der Waals surface area contributed by atoms with E-state index in [9.17, 15) is 13.5 Å². The van der Waals surface area contributed by atoms with Crippen LogP contribution < -0.4 is 4.72 Å². The Morgan fingerprint density at radius 2 is 2.25 bits per heavy atom. The maximum atomic E-state index is 11.0. The first-order valence-corrected chi connectivity index (χ1v) is 6.14. The molecule has 0 bridgehead atoms. The Labute approximate surface area is 79.3 Å². The number of aliphatic hydroxyl groups is 1. The van der Waals surface area contributed by atoms with E-state index in [1.165, 1.54) is 0 Å². The van der Waals surface area contributed by atoms with Crippen molar-refractivity contribution in [2.24, 2.45) is 0 Å². The molecule has 0 unspecified atom stereocenters. The highest BCUT2D eigenvalue weighted by molar-refractivity contribution is 9.10. The summed E-state index contributed by atoms with van der Waals surface area (Å²) in [4.78, 5) is 0. The number of hydrogen-bond acceptors (Lipinski definition) is 4. The van der Waals surface area contributed by atoms with Gasteiger partial charge in [-0.2, -0.15) is 0 Å². The predicted octanol–water partition coefficient (Wildman–Crippen LogP) is -0.982. The van der Waals surface area contributed by atoms with Gasteiger partial charge in [0.05, 0.1) is 25.4 Å². The minimum Gasteiger partial charge on any atom is -0.389 e. The summed E-state index contributed by atoms with van der Waals surface area (Å²) in [6, 6.07) is -0.507. The van der Waals surface area contributed by atoms with Gasteiger partial charge in [0, 0.05) is 0 Å². The Morgan fingerprint density at radius 3 is 2.67 bits per heavy atom. The van der Waals surface area contributed by atoms with Gasteiger partial charge in [0.2, 0.25) is 10.0 Å². The summed E-state index contributed by atoms with van der Waals surface area (Å²) in [7, 11) is -3.31. The Balaban J connectivity index is 2.51. The van der Waals surface area contributed by atoms with Gasteiger partial charge in [0.15, 0.2) is 0 Å². The predicted molar refractivity (Wildman–Crippen MR) is 46.5 cm³/mol. The first-order chi connectivity index (χ1) is 5.55. The lowest BCUT2D eigenvalue weighted by Gasteiger charge is -2.12. The summed E-state index contributed by atoms with van der Waals surface area (Å²) < 4.78 is 29.0. The van der Waals surface area contributed by atoms with Crippen molar-refractivity contribution in [2.75, 3.05) is 17.9 Å². The zero-order valence-electron chi connectivity index (χ0n) is 6.23. The topological polar surface area (TPSA) is 75.6 Å². The molecule has 1 fully saturated rings. The van der Waals surface area contributed by atoms with Crippen molar-refractivity contribution in [3.05, 3.63) is 0 Å². The molecule has 1 rings (SSSR count). The van der Waals surface area contributed by atoms with Crippen molar-refractivity contribution in [1.29, 1.82) is 0 Å². The molecular formula is C5H10BrNO4S. The molecule has 1 saturated heterocycles. The third-order valence-corrected chi connectivity index (χ3v) is 4.28. The summed E-state index contributed by atoms with van der Waals surface area (Å²) in [5, 5.41) is 9.18. The maximum absolute atomic E-state index is 11.0. The third-order valence-electron chi connectivity index (χ3n) is 1.53. The second kappa shape index (κ2) is 4.01. The molecule has 0 saturated carbocycles. The number of rotatable bonds is 3. The van der Waals surface area contributed by atoms with E-state index in [0.717, 1.165) is 0 Å². The van der Waals surface area contributed by atoms with Crippen LogP contribution in [0.1, 0.15) is 0 Å². The summed E-state index contributed by atoms with van der Waals surface area (Å²) >= 11 is 2.83. The molecule has 1 heterocycles. The molecule has 0 aromatic carbocycles. The zero-order chi connectivity index (χ0) is 9.19. The van der Waals surface area contributed by atoms with E-state index < -0.39 is 22.2 Å². The number of halogens is 1. The van der Waals surface area contributed by atoms with Crippen LogP contribution in [0.25, 0.3) is 0 Å². The van der Waals surface area contributed by atoms with Crippen LogP contribution in [0, 0.1) is 0 Å². The molecule has 5 nitrogen and oxygen atoms in total. The lowest BCUT2D eigenvalue weighted by atomic mass is 10.2. The Kier molecular flexibility index (Phi) is 3.47. The molecule has 72 valence electrons. The Morgan fingerprint density at radius 1 is 1.58 bits per heavy atom. The summed E-state index contributed by atoms with van der Waals surface area (Å²) in [6.07, 6.45) is -0.737. The number of aliphatic hydroxyl groups excluding tert-OH is 1. The van der Waals surface area contributed by atoms with Gasteiger partial charge in [-0.05, 0) is 0 Å². The largest absolute Gasteiger partial charge is 0.389 e. The van der Waals surface area contributed by atoms with Gasteiger partial charge < -0.3 is 9.84 Å². The van der Waals surface area contributed by atoms with E-state index in [1.54, 1.807) is 0 Å². The molecule has 0 radical (unpaired) electrons. The van der Waals surface area contributed by atoms with Crippen LogP contribution in [0.15, 0.2) is 0 Å². The highest BCUT2D eigenvalue weighted by Gasteiger charge is 2.29. The lowest BCUT2D eigenvalue weighted by Crippen LogP contribution is -2.42. The number of ether oxygens (including phenoxy) is 1. The number of sulfonamides is 1. The monoisotopic (exact) mass is 259 g/mol. The molecule has 1 aliphatic heterocycles. The van der Waals surface area contributed by atoms with Crippen LogP contribution in [-0.4, -0.2) is 43.5 Å². The minimum atomic E-state index is -3.31. The van der Waals surface area contributed by atoms with Gasteiger partial charge in [-0.25, -0.2) is 13.1 Å². The minimum absolute atomic E-state index is 0.163. The number of hydrogen-bond donors (Lipinski definition) is 2. The molecule has 2 N–H and O–H groups in total. The maximum Gasteiger partial charge on any atom is 0.222 e. The molecule has 12 heavy (non-hydrogen) atoms. The highest BCUT2D eigenvalue weighted by atomic mass is 79.9. The smallest absolute Gasteiger partial charge is 0.222 e. The molecule has 0 spiro atoms. The summed E-state index contributed by atoms with van der Waals surface area (Å²) in [6.45, 7) is 0.420. The van der Waals surface area contributed by atoms with E-state index in [4.69, 9.17) is 4.74 Å².